The van der Waals surface area contributed by atoms with E-state index >= 15 is 0 Å². The zero-order valence-electron chi connectivity index (χ0n) is 10.4. The molecule has 0 aromatic heterocycles. The first-order valence-electron chi connectivity index (χ1n) is 5.67. The molecular formula is C12H19N3O2. The van der Waals surface area contributed by atoms with Gasteiger partial charge < -0.3 is 11.1 Å². The molecule has 5 heteroatoms. The second-order valence-electron chi connectivity index (χ2n) is 4.52. The maximum Gasteiger partial charge on any atom is 0.295 e. The number of anilines is 1. The Kier molecular flexibility index (Phi) is 4.45. The lowest BCUT2D eigenvalue weighted by Gasteiger charge is -2.17. The predicted octanol–water partition coefficient (Wildman–Crippen LogP) is 2.30. The molecule has 0 bridgehead atoms. The van der Waals surface area contributed by atoms with Crippen molar-refractivity contribution in [1.29, 1.82) is 0 Å². The molecule has 0 saturated heterocycles. The van der Waals surface area contributed by atoms with E-state index in [1.54, 1.807) is 25.1 Å². The summed E-state index contributed by atoms with van der Waals surface area (Å²) < 4.78 is 0. The van der Waals surface area contributed by atoms with Crippen molar-refractivity contribution in [1.82, 2.24) is 0 Å². The zero-order valence-corrected chi connectivity index (χ0v) is 10.4. The highest BCUT2D eigenvalue weighted by Crippen LogP contribution is 2.27. The maximum atomic E-state index is 11.0. The van der Waals surface area contributed by atoms with Gasteiger partial charge in [-0.05, 0) is 18.9 Å². The lowest BCUT2D eigenvalue weighted by Crippen LogP contribution is -2.34. The molecule has 1 rings (SSSR count). The average Bonchev–Trinajstić information content (AvgIpc) is 2.24. The number of rotatable bonds is 5. The summed E-state index contributed by atoms with van der Waals surface area (Å²) in [5, 5.41) is 14.0. The van der Waals surface area contributed by atoms with Gasteiger partial charge in [0.05, 0.1) is 4.92 Å². The van der Waals surface area contributed by atoms with Crippen LogP contribution in [0.1, 0.15) is 19.4 Å². The predicted molar refractivity (Wildman–Crippen MR) is 69.1 cm³/mol. The van der Waals surface area contributed by atoms with Gasteiger partial charge >= 0.3 is 0 Å². The van der Waals surface area contributed by atoms with Gasteiger partial charge in [-0.3, -0.25) is 10.1 Å². The van der Waals surface area contributed by atoms with E-state index in [1.807, 2.05) is 13.8 Å². The Balaban J connectivity index is 2.84. The number of benzene rings is 1. The largest absolute Gasteiger partial charge is 0.378 e. The number of aryl methyl sites for hydroxylation is 1. The molecule has 1 atom stereocenters. The van der Waals surface area contributed by atoms with Crippen LogP contribution in [0.3, 0.4) is 0 Å². The zero-order chi connectivity index (χ0) is 13.0. The number of nitro groups is 1. The van der Waals surface area contributed by atoms with Gasteiger partial charge in [-0.1, -0.05) is 26.0 Å². The van der Waals surface area contributed by atoms with Crippen LogP contribution in [0.2, 0.25) is 0 Å². The number of nitrogens with one attached hydrogen (secondary N) is 1. The van der Waals surface area contributed by atoms with Gasteiger partial charge in [0.1, 0.15) is 5.69 Å². The van der Waals surface area contributed by atoms with Crippen LogP contribution < -0.4 is 11.1 Å². The van der Waals surface area contributed by atoms with Crippen molar-refractivity contribution in [3.8, 4) is 0 Å². The second kappa shape index (κ2) is 5.63. The third-order valence-corrected chi connectivity index (χ3v) is 2.80. The van der Waals surface area contributed by atoms with Crippen LogP contribution in [0, 0.1) is 23.0 Å². The van der Waals surface area contributed by atoms with Gasteiger partial charge in [0.2, 0.25) is 0 Å². The monoisotopic (exact) mass is 237 g/mol. The molecule has 0 aliphatic heterocycles. The third kappa shape index (κ3) is 3.42. The molecule has 17 heavy (non-hydrogen) atoms. The summed E-state index contributed by atoms with van der Waals surface area (Å²) in [4.78, 5) is 10.6. The minimum atomic E-state index is -0.363. The standard InChI is InChI=1S/C12H19N3O2/c1-8(2)10(13)7-14-11-6-4-5-9(3)12(11)15(16)17/h4-6,8,10,14H,7,13H2,1-3H3. The van der Waals surface area contributed by atoms with Gasteiger partial charge in [-0.2, -0.15) is 0 Å². The van der Waals surface area contributed by atoms with E-state index in [0.717, 1.165) is 0 Å². The quantitative estimate of drug-likeness (QED) is 0.608. The Morgan fingerprint density at radius 1 is 1.47 bits per heavy atom. The van der Waals surface area contributed by atoms with E-state index in [0.29, 0.717) is 23.7 Å². The Morgan fingerprint density at radius 2 is 2.12 bits per heavy atom. The van der Waals surface area contributed by atoms with E-state index in [4.69, 9.17) is 5.73 Å². The minimum Gasteiger partial charge on any atom is -0.378 e. The van der Waals surface area contributed by atoms with Crippen molar-refractivity contribution in [2.45, 2.75) is 26.8 Å². The Labute approximate surface area is 101 Å². The maximum absolute atomic E-state index is 11.0. The van der Waals surface area contributed by atoms with Crippen LogP contribution in [0.5, 0.6) is 0 Å². The fraction of sp³-hybridized carbons (Fsp3) is 0.500. The summed E-state index contributed by atoms with van der Waals surface area (Å²) in [6.45, 7) is 6.31. The number of hydrogen-bond acceptors (Lipinski definition) is 4. The molecule has 0 aliphatic carbocycles. The smallest absolute Gasteiger partial charge is 0.295 e. The van der Waals surface area contributed by atoms with E-state index in [1.165, 1.54) is 0 Å². The van der Waals surface area contributed by atoms with E-state index < -0.39 is 0 Å². The van der Waals surface area contributed by atoms with Crippen molar-refractivity contribution in [2.75, 3.05) is 11.9 Å². The molecule has 0 saturated carbocycles. The van der Waals surface area contributed by atoms with Crippen LogP contribution >= 0.6 is 0 Å². The van der Waals surface area contributed by atoms with Gasteiger partial charge in [-0.15, -0.1) is 0 Å². The van der Waals surface area contributed by atoms with Crippen molar-refractivity contribution in [3.05, 3.63) is 33.9 Å². The van der Waals surface area contributed by atoms with Crippen molar-refractivity contribution in [2.24, 2.45) is 11.7 Å². The first kappa shape index (κ1) is 13.4. The van der Waals surface area contributed by atoms with Gasteiger partial charge in [0.25, 0.3) is 5.69 Å². The van der Waals surface area contributed by atoms with Crippen LogP contribution in [0.15, 0.2) is 18.2 Å². The number of nitrogens with zero attached hydrogens (tertiary/aromatic N) is 1. The van der Waals surface area contributed by atoms with Crippen molar-refractivity contribution >= 4 is 11.4 Å². The second-order valence-corrected chi connectivity index (χ2v) is 4.52. The highest BCUT2D eigenvalue weighted by Gasteiger charge is 2.17. The first-order valence-corrected chi connectivity index (χ1v) is 5.67. The number of hydrogen-bond donors (Lipinski definition) is 2. The van der Waals surface area contributed by atoms with Crippen molar-refractivity contribution < 1.29 is 4.92 Å². The summed E-state index contributed by atoms with van der Waals surface area (Å²) in [7, 11) is 0. The average molecular weight is 237 g/mol. The summed E-state index contributed by atoms with van der Waals surface area (Å²) in [5.74, 6) is 0.339. The molecule has 0 radical (unpaired) electrons. The first-order chi connectivity index (χ1) is 7.93. The molecule has 0 fully saturated rings. The van der Waals surface area contributed by atoms with E-state index in [-0.39, 0.29) is 16.7 Å². The Bertz CT molecular complexity index is 405. The minimum absolute atomic E-state index is 0.0184. The summed E-state index contributed by atoms with van der Waals surface area (Å²) in [6, 6.07) is 5.21. The highest BCUT2D eigenvalue weighted by atomic mass is 16.6. The molecule has 0 amide bonds. The molecular weight excluding hydrogens is 218 g/mol. The lowest BCUT2D eigenvalue weighted by atomic mass is 10.1. The van der Waals surface area contributed by atoms with Gasteiger partial charge in [0.15, 0.2) is 0 Å². The van der Waals surface area contributed by atoms with E-state index in [2.05, 4.69) is 5.32 Å². The number of nitrogens with two attached hydrogens (primary N) is 1. The van der Waals surface area contributed by atoms with E-state index in [9.17, 15) is 10.1 Å². The molecule has 5 nitrogen and oxygen atoms in total. The fourth-order valence-electron chi connectivity index (χ4n) is 1.51. The van der Waals surface area contributed by atoms with Gasteiger partial charge in [0, 0.05) is 18.2 Å². The normalized spacial score (nSPS) is 12.5. The molecule has 1 unspecified atom stereocenters. The number of para-hydroxylation sites is 1. The molecule has 3 N–H and O–H groups in total. The van der Waals surface area contributed by atoms with Gasteiger partial charge in [-0.25, -0.2) is 0 Å². The summed E-state index contributed by atoms with van der Waals surface area (Å²) >= 11 is 0. The Morgan fingerprint density at radius 3 is 2.65 bits per heavy atom. The molecule has 0 aliphatic rings. The summed E-state index contributed by atoms with van der Waals surface area (Å²) in [6.07, 6.45) is 0. The molecule has 0 spiro atoms. The van der Waals surface area contributed by atoms with Crippen LogP contribution in [-0.2, 0) is 0 Å². The molecule has 94 valence electrons. The SMILES string of the molecule is Cc1cccc(NCC(N)C(C)C)c1[N+](=O)[O-]. The summed E-state index contributed by atoms with van der Waals surface area (Å²) in [5.41, 5.74) is 7.21. The van der Waals surface area contributed by atoms with Crippen LogP contribution in [-0.4, -0.2) is 17.5 Å². The third-order valence-electron chi connectivity index (χ3n) is 2.80. The van der Waals surface area contributed by atoms with Crippen LogP contribution in [0.4, 0.5) is 11.4 Å². The molecule has 1 aromatic carbocycles. The molecule has 0 heterocycles. The number of nitro benzene ring substituents is 1. The Hall–Kier alpha value is -1.62. The highest BCUT2D eigenvalue weighted by molar-refractivity contribution is 5.65. The van der Waals surface area contributed by atoms with Crippen molar-refractivity contribution in [3.63, 3.8) is 0 Å². The van der Waals surface area contributed by atoms with Crippen LogP contribution in [0.25, 0.3) is 0 Å². The fourth-order valence-corrected chi connectivity index (χ4v) is 1.51. The molecule has 1 aromatic rings. The topological polar surface area (TPSA) is 81.2 Å². The lowest BCUT2D eigenvalue weighted by molar-refractivity contribution is -0.384.